The second-order valence-corrected chi connectivity index (χ2v) is 5.33. The first-order valence-corrected chi connectivity index (χ1v) is 7.11. The Hall–Kier alpha value is -1.76. The third-order valence-electron chi connectivity index (χ3n) is 3.64. The van der Waals surface area contributed by atoms with Gasteiger partial charge < -0.3 is 9.84 Å². The molecule has 2 rings (SSSR count). The van der Waals surface area contributed by atoms with Crippen molar-refractivity contribution < 1.29 is 27.8 Å². The van der Waals surface area contributed by atoms with E-state index in [4.69, 9.17) is 4.74 Å². The summed E-state index contributed by atoms with van der Waals surface area (Å²) in [6.45, 7) is -0.470. The van der Waals surface area contributed by atoms with Crippen LogP contribution >= 0.6 is 0 Å². The lowest BCUT2D eigenvalue weighted by atomic mass is 10.0. The molecule has 0 radical (unpaired) electrons. The third kappa shape index (κ3) is 4.62. The van der Waals surface area contributed by atoms with Crippen LogP contribution in [0.4, 0.5) is 13.2 Å². The monoisotopic (exact) mass is 317 g/mol. The van der Waals surface area contributed by atoms with Crippen LogP contribution < -0.4 is 4.74 Å². The summed E-state index contributed by atoms with van der Waals surface area (Å²) in [5.41, 5.74) is 0.569. The van der Waals surface area contributed by atoms with Gasteiger partial charge in [0.05, 0.1) is 0 Å². The van der Waals surface area contributed by atoms with Gasteiger partial charge in [0.1, 0.15) is 11.8 Å². The van der Waals surface area contributed by atoms with Crippen LogP contribution in [0.15, 0.2) is 24.3 Å². The summed E-state index contributed by atoms with van der Waals surface area (Å²) in [4.78, 5) is 13.1. The van der Waals surface area contributed by atoms with Crippen molar-refractivity contribution in [2.24, 2.45) is 0 Å². The van der Waals surface area contributed by atoms with Gasteiger partial charge in [-0.25, -0.2) is 0 Å². The molecule has 1 aliphatic heterocycles. The first-order chi connectivity index (χ1) is 10.4. The Bertz CT molecular complexity index is 519. The van der Waals surface area contributed by atoms with Crippen molar-refractivity contribution in [3.05, 3.63) is 29.8 Å². The number of benzene rings is 1. The minimum absolute atomic E-state index is 0.148. The molecule has 1 saturated heterocycles. The van der Waals surface area contributed by atoms with Crippen LogP contribution in [-0.4, -0.2) is 41.3 Å². The average molecular weight is 317 g/mol. The number of carboxylic acids is 1. The first kappa shape index (κ1) is 16.6. The molecule has 1 aliphatic rings. The van der Waals surface area contributed by atoms with Gasteiger partial charge in [-0.3, -0.25) is 9.69 Å². The topological polar surface area (TPSA) is 49.8 Å². The molecule has 22 heavy (non-hydrogen) atoms. The van der Waals surface area contributed by atoms with E-state index in [-0.39, 0.29) is 12.3 Å². The van der Waals surface area contributed by atoms with E-state index in [1.165, 1.54) is 6.07 Å². The standard InChI is InChI=1S/C15H18F3NO3/c16-15(17,18)10-22-13-7-2-1-5-11(13)9-19-8-4-3-6-12(19)14(20)21/h1-2,5,7,12H,3-4,6,8-10H2,(H,20,21). The summed E-state index contributed by atoms with van der Waals surface area (Å²) in [6, 6.07) is 5.85. The molecule has 7 heteroatoms. The van der Waals surface area contributed by atoms with Crippen LogP contribution in [0.3, 0.4) is 0 Å². The van der Waals surface area contributed by atoms with Crippen LogP contribution in [0.5, 0.6) is 5.75 Å². The van der Waals surface area contributed by atoms with Crippen LogP contribution in [0.2, 0.25) is 0 Å². The Morgan fingerprint density at radius 1 is 1.32 bits per heavy atom. The molecule has 0 saturated carbocycles. The van der Waals surface area contributed by atoms with E-state index in [1.54, 1.807) is 23.1 Å². The molecule has 1 unspecified atom stereocenters. The first-order valence-electron chi connectivity index (χ1n) is 7.11. The predicted octanol–water partition coefficient (Wildman–Crippen LogP) is 3.07. The van der Waals surface area contributed by atoms with Crippen LogP contribution in [-0.2, 0) is 11.3 Å². The fraction of sp³-hybridized carbons (Fsp3) is 0.533. The van der Waals surface area contributed by atoms with Gasteiger partial charge in [0.2, 0.25) is 0 Å². The molecular weight excluding hydrogens is 299 g/mol. The Kier molecular flexibility index (Phi) is 5.28. The highest BCUT2D eigenvalue weighted by Crippen LogP contribution is 2.26. The maximum Gasteiger partial charge on any atom is 0.422 e. The third-order valence-corrected chi connectivity index (χ3v) is 3.64. The number of carbonyl (C=O) groups is 1. The van der Waals surface area contributed by atoms with Gasteiger partial charge >= 0.3 is 12.1 Å². The van der Waals surface area contributed by atoms with E-state index >= 15 is 0 Å². The lowest BCUT2D eigenvalue weighted by Gasteiger charge is -2.33. The van der Waals surface area contributed by atoms with Crippen LogP contribution in [0, 0.1) is 0 Å². The number of likely N-dealkylation sites (tertiary alicyclic amines) is 1. The molecule has 1 fully saturated rings. The van der Waals surface area contributed by atoms with E-state index in [9.17, 15) is 23.1 Å². The number of alkyl halides is 3. The molecule has 1 aromatic rings. The van der Waals surface area contributed by atoms with Crippen molar-refractivity contribution in [1.29, 1.82) is 0 Å². The van der Waals surface area contributed by atoms with Gasteiger partial charge in [0.15, 0.2) is 6.61 Å². The number of ether oxygens (including phenoxy) is 1. The van der Waals surface area contributed by atoms with Gasteiger partial charge in [0.25, 0.3) is 0 Å². The lowest BCUT2D eigenvalue weighted by Crippen LogP contribution is -2.44. The lowest BCUT2D eigenvalue weighted by molar-refractivity contribution is -0.153. The summed E-state index contributed by atoms with van der Waals surface area (Å²) in [6.07, 6.45) is -2.11. The molecule has 1 heterocycles. The van der Waals surface area contributed by atoms with Gasteiger partial charge in [-0.15, -0.1) is 0 Å². The molecule has 1 atom stereocenters. The molecular formula is C15H18F3NO3. The number of rotatable bonds is 5. The zero-order chi connectivity index (χ0) is 16.2. The Morgan fingerprint density at radius 2 is 2.05 bits per heavy atom. The van der Waals surface area contributed by atoms with Gasteiger partial charge in [0, 0.05) is 12.1 Å². The molecule has 122 valence electrons. The molecule has 4 nitrogen and oxygen atoms in total. The fourth-order valence-corrected chi connectivity index (χ4v) is 2.61. The van der Waals surface area contributed by atoms with Crippen LogP contribution in [0.1, 0.15) is 24.8 Å². The van der Waals surface area contributed by atoms with Crippen LogP contribution in [0.25, 0.3) is 0 Å². The fourth-order valence-electron chi connectivity index (χ4n) is 2.61. The Balaban J connectivity index is 2.09. The summed E-state index contributed by atoms with van der Waals surface area (Å²) in [7, 11) is 0. The number of para-hydroxylation sites is 1. The van der Waals surface area contributed by atoms with Crippen molar-refractivity contribution in [3.8, 4) is 5.75 Å². The van der Waals surface area contributed by atoms with Crippen molar-refractivity contribution in [1.82, 2.24) is 4.90 Å². The van der Waals surface area contributed by atoms with Crippen molar-refractivity contribution in [2.45, 2.75) is 38.0 Å². The molecule has 1 N–H and O–H groups in total. The number of piperidine rings is 1. The second kappa shape index (κ2) is 7.00. The second-order valence-electron chi connectivity index (χ2n) is 5.33. The SMILES string of the molecule is O=C(O)C1CCCCN1Cc1ccccc1OCC(F)(F)F. The Labute approximate surface area is 126 Å². The van der Waals surface area contributed by atoms with Crippen molar-refractivity contribution in [2.75, 3.05) is 13.2 Å². The highest BCUT2D eigenvalue weighted by atomic mass is 19.4. The van der Waals surface area contributed by atoms with E-state index in [2.05, 4.69) is 0 Å². The van der Waals surface area contributed by atoms with Gasteiger partial charge in [-0.2, -0.15) is 13.2 Å². The Morgan fingerprint density at radius 3 is 2.73 bits per heavy atom. The number of halogens is 3. The van der Waals surface area contributed by atoms with Crippen molar-refractivity contribution in [3.63, 3.8) is 0 Å². The largest absolute Gasteiger partial charge is 0.484 e. The van der Waals surface area contributed by atoms with E-state index in [0.717, 1.165) is 12.8 Å². The highest BCUT2D eigenvalue weighted by molar-refractivity contribution is 5.73. The molecule has 0 aliphatic carbocycles. The molecule has 0 spiro atoms. The molecule has 0 aromatic heterocycles. The van der Waals surface area contributed by atoms with Crippen molar-refractivity contribution >= 4 is 5.97 Å². The van der Waals surface area contributed by atoms with E-state index < -0.39 is 24.8 Å². The summed E-state index contributed by atoms with van der Waals surface area (Å²) >= 11 is 0. The molecule has 1 aromatic carbocycles. The minimum atomic E-state index is -4.40. The molecule has 0 amide bonds. The zero-order valence-electron chi connectivity index (χ0n) is 12.0. The summed E-state index contributed by atoms with van der Waals surface area (Å²) < 4.78 is 41.7. The van der Waals surface area contributed by atoms with Gasteiger partial charge in [-0.1, -0.05) is 24.6 Å². The number of carboxylic acid groups (broad SMARTS) is 1. The maximum atomic E-state index is 12.3. The van der Waals surface area contributed by atoms with E-state index in [1.807, 2.05) is 0 Å². The summed E-state index contributed by atoms with van der Waals surface area (Å²) in [5, 5.41) is 9.24. The predicted molar refractivity (Wildman–Crippen MR) is 73.7 cm³/mol. The van der Waals surface area contributed by atoms with Gasteiger partial charge in [-0.05, 0) is 25.5 Å². The number of hydrogen-bond donors (Lipinski definition) is 1. The highest BCUT2D eigenvalue weighted by Gasteiger charge is 2.30. The normalized spacial score (nSPS) is 19.9. The number of aliphatic carboxylic acids is 1. The van der Waals surface area contributed by atoms with E-state index in [0.29, 0.717) is 18.5 Å². The smallest absolute Gasteiger partial charge is 0.422 e. The average Bonchev–Trinajstić information content (AvgIpc) is 2.46. The summed E-state index contributed by atoms with van der Waals surface area (Å²) in [5.74, 6) is -0.747. The molecule has 0 bridgehead atoms. The maximum absolute atomic E-state index is 12.3. The number of nitrogens with zero attached hydrogens (tertiary/aromatic N) is 1. The zero-order valence-corrected chi connectivity index (χ0v) is 12.0. The minimum Gasteiger partial charge on any atom is -0.484 e. The number of hydrogen-bond acceptors (Lipinski definition) is 3. The quantitative estimate of drug-likeness (QED) is 0.907.